The Kier molecular flexibility index (Phi) is 3.36. The van der Waals surface area contributed by atoms with Crippen LogP contribution in [0.3, 0.4) is 0 Å². The van der Waals surface area contributed by atoms with Crippen molar-refractivity contribution >= 4 is 5.69 Å². The van der Waals surface area contributed by atoms with Gasteiger partial charge in [-0.1, -0.05) is 13.0 Å². The van der Waals surface area contributed by atoms with Gasteiger partial charge in [0.2, 0.25) is 0 Å². The third-order valence-corrected chi connectivity index (χ3v) is 3.16. The number of nitrogens with zero attached hydrogens (tertiary/aromatic N) is 3. The van der Waals surface area contributed by atoms with Crippen LogP contribution in [0.5, 0.6) is 0 Å². The lowest BCUT2D eigenvalue weighted by molar-refractivity contribution is 0.663. The van der Waals surface area contributed by atoms with Crippen LogP contribution in [-0.4, -0.2) is 14.8 Å². The number of aryl methyl sites for hydroxylation is 3. The Labute approximate surface area is 108 Å². The summed E-state index contributed by atoms with van der Waals surface area (Å²) in [5.41, 5.74) is 10.2. The molecule has 0 aliphatic rings. The molecule has 2 aromatic rings. The van der Waals surface area contributed by atoms with Crippen molar-refractivity contribution < 1.29 is 0 Å². The lowest BCUT2D eigenvalue weighted by Crippen LogP contribution is -2.04. The van der Waals surface area contributed by atoms with Crippen LogP contribution in [0.25, 0.3) is 11.4 Å². The highest BCUT2D eigenvalue weighted by Gasteiger charge is 2.14. The van der Waals surface area contributed by atoms with Gasteiger partial charge in [-0.25, -0.2) is 0 Å². The predicted octanol–water partition coefficient (Wildman–Crippen LogP) is 2.86. The molecule has 0 saturated carbocycles. The van der Waals surface area contributed by atoms with Crippen LogP contribution in [0.1, 0.15) is 30.3 Å². The molecule has 4 nitrogen and oxygen atoms in total. The first-order valence-corrected chi connectivity index (χ1v) is 6.31. The summed E-state index contributed by atoms with van der Waals surface area (Å²) < 4.78 is 2.13. The number of anilines is 1. The number of hydrogen-bond acceptors (Lipinski definition) is 3. The molecule has 1 aromatic carbocycles. The molecular weight excluding hydrogens is 224 g/mol. The van der Waals surface area contributed by atoms with Gasteiger partial charge in [0.1, 0.15) is 5.82 Å². The highest BCUT2D eigenvalue weighted by atomic mass is 15.3. The van der Waals surface area contributed by atoms with Gasteiger partial charge in [0.15, 0.2) is 5.82 Å². The first kappa shape index (κ1) is 12.6. The SMILES string of the molecule is CCCn1c(C)nnc1-c1cc(C)cc(C)c1N. The fraction of sp³-hybridized carbons (Fsp3) is 0.429. The van der Waals surface area contributed by atoms with E-state index in [2.05, 4.69) is 40.7 Å². The zero-order valence-electron chi connectivity index (χ0n) is 11.5. The summed E-state index contributed by atoms with van der Waals surface area (Å²) in [6.45, 7) is 9.14. The van der Waals surface area contributed by atoms with Crippen molar-refractivity contribution in [1.82, 2.24) is 14.8 Å². The second kappa shape index (κ2) is 4.80. The van der Waals surface area contributed by atoms with Crippen LogP contribution in [-0.2, 0) is 6.54 Å². The van der Waals surface area contributed by atoms with Crippen molar-refractivity contribution in [2.24, 2.45) is 0 Å². The Balaban J connectivity index is 2.62. The molecule has 2 N–H and O–H groups in total. The molecule has 0 unspecified atom stereocenters. The van der Waals surface area contributed by atoms with Crippen LogP contribution < -0.4 is 5.73 Å². The van der Waals surface area contributed by atoms with E-state index >= 15 is 0 Å². The predicted molar refractivity (Wildman–Crippen MR) is 74.4 cm³/mol. The van der Waals surface area contributed by atoms with E-state index in [9.17, 15) is 0 Å². The minimum absolute atomic E-state index is 0.797. The molecule has 18 heavy (non-hydrogen) atoms. The molecule has 4 heteroatoms. The highest BCUT2D eigenvalue weighted by molar-refractivity contribution is 5.75. The highest BCUT2D eigenvalue weighted by Crippen LogP contribution is 2.29. The van der Waals surface area contributed by atoms with Gasteiger partial charge in [-0.05, 0) is 44.4 Å². The van der Waals surface area contributed by atoms with Gasteiger partial charge in [0.25, 0.3) is 0 Å². The molecule has 0 atom stereocenters. The normalized spacial score (nSPS) is 10.9. The molecule has 0 amide bonds. The van der Waals surface area contributed by atoms with Crippen LogP contribution in [0.4, 0.5) is 5.69 Å². The molecule has 2 rings (SSSR count). The maximum atomic E-state index is 6.18. The second-order valence-electron chi connectivity index (χ2n) is 4.77. The van der Waals surface area contributed by atoms with Gasteiger partial charge >= 0.3 is 0 Å². The summed E-state index contributed by atoms with van der Waals surface area (Å²) in [6.07, 6.45) is 1.05. The molecule has 1 heterocycles. The zero-order valence-corrected chi connectivity index (χ0v) is 11.5. The number of rotatable bonds is 3. The Morgan fingerprint density at radius 1 is 1.17 bits per heavy atom. The van der Waals surface area contributed by atoms with Crippen molar-refractivity contribution in [2.75, 3.05) is 5.73 Å². The third-order valence-electron chi connectivity index (χ3n) is 3.16. The number of nitrogen functional groups attached to an aromatic ring is 1. The largest absolute Gasteiger partial charge is 0.398 e. The average Bonchev–Trinajstić information content (AvgIpc) is 2.67. The molecule has 0 aliphatic heterocycles. The first-order chi connectivity index (χ1) is 8.54. The fourth-order valence-corrected chi connectivity index (χ4v) is 2.24. The van der Waals surface area contributed by atoms with Gasteiger partial charge < -0.3 is 10.3 Å². The van der Waals surface area contributed by atoms with E-state index in [4.69, 9.17) is 5.73 Å². The Morgan fingerprint density at radius 3 is 2.56 bits per heavy atom. The van der Waals surface area contributed by atoms with Crippen LogP contribution in [0.2, 0.25) is 0 Å². The first-order valence-electron chi connectivity index (χ1n) is 6.31. The lowest BCUT2D eigenvalue weighted by Gasteiger charge is -2.12. The molecular formula is C14H20N4. The van der Waals surface area contributed by atoms with Crippen LogP contribution in [0.15, 0.2) is 12.1 Å². The molecule has 1 aromatic heterocycles. The van der Waals surface area contributed by atoms with E-state index in [-0.39, 0.29) is 0 Å². The number of benzene rings is 1. The summed E-state index contributed by atoms with van der Waals surface area (Å²) in [7, 11) is 0. The Morgan fingerprint density at radius 2 is 1.89 bits per heavy atom. The van der Waals surface area contributed by atoms with Gasteiger partial charge in [-0.2, -0.15) is 0 Å². The Hall–Kier alpha value is -1.84. The maximum absolute atomic E-state index is 6.18. The molecule has 0 fully saturated rings. The van der Waals surface area contributed by atoms with Gasteiger partial charge in [-0.15, -0.1) is 10.2 Å². The van der Waals surface area contributed by atoms with Crippen molar-refractivity contribution in [3.05, 3.63) is 29.1 Å². The average molecular weight is 244 g/mol. The molecule has 0 aliphatic carbocycles. The van der Waals surface area contributed by atoms with Crippen molar-refractivity contribution in [3.63, 3.8) is 0 Å². The van der Waals surface area contributed by atoms with Gasteiger partial charge in [-0.3, -0.25) is 0 Å². The van der Waals surface area contributed by atoms with E-state index in [0.717, 1.165) is 41.4 Å². The lowest BCUT2D eigenvalue weighted by atomic mass is 10.0. The fourth-order valence-electron chi connectivity index (χ4n) is 2.24. The van der Waals surface area contributed by atoms with E-state index in [1.807, 2.05) is 13.8 Å². The smallest absolute Gasteiger partial charge is 0.166 e. The van der Waals surface area contributed by atoms with Gasteiger partial charge in [0, 0.05) is 17.8 Å². The summed E-state index contributed by atoms with van der Waals surface area (Å²) >= 11 is 0. The molecule has 96 valence electrons. The topological polar surface area (TPSA) is 56.7 Å². The van der Waals surface area contributed by atoms with Crippen molar-refractivity contribution in [3.8, 4) is 11.4 Å². The van der Waals surface area contributed by atoms with Crippen molar-refractivity contribution in [1.29, 1.82) is 0 Å². The van der Waals surface area contributed by atoms with Crippen molar-refractivity contribution in [2.45, 2.75) is 40.7 Å². The Bertz CT molecular complexity index is 569. The minimum Gasteiger partial charge on any atom is -0.398 e. The molecule has 0 spiro atoms. The number of nitrogens with two attached hydrogens (primary N) is 1. The zero-order chi connectivity index (χ0) is 13.3. The van der Waals surface area contributed by atoms with E-state index in [1.165, 1.54) is 5.56 Å². The second-order valence-corrected chi connectivity index (χ2v) is 4.77. The molecule has 0 saturated heterocycles. The van der Waals surface area contributed by atoms with E-state index in [1.54, 1.807) is 0 Å². The maximum Gasteiger partial charge on any atom is 0.166 e. The van der Waals surface area contributed by atoms with Gasteiger partial charge in [0.05, 0.1) is 0 Å². The molecule has 0 bridgehead atoms. The monoisotopic (exact) mass is 244 g/mol. The number of aromatic nitrogens is 3. The summed E-state index contributed by atoms with van der Waals surface area (Å²) in [5, 5.41) is 8.45. The van der Waals surface area contributed by atoms with Crippen LogP contribution in [0, 0.1) is 20.8 Å². The summed E-state index contributed by atoms with van der Waals surface area (Å²) in [4.78, 5) is 0. The quantitative estimate of drug-likeness (QED) is 0.845. The summed E-state index contributed by atoms with van der Waals surface area (Å²) in [5.74, 6) is 1.81. The van der Waals surface area contributed by atoms with E-state index in [0.29, 0.717) is 0 Å². The third kappa shape index (κ3) is 2.10. The summed E-state index contributed by atoms with van der Waals surface area (Å²) in [6, 6.07) is 4.17. The molecule has 0 radical (unpaired) electrons. The van der Waals surface area contributed by atoms with E-state index < -0.39 is 0 Å². The standard InChI is InChI=1S/C14H20N4/c1-5-6-18-11(4)16-17-14(18)12-8-9(2)7-10(3)13(12)15/h7-8H,5-6,15H2,1-4H3. The number of hydrogen-bond donors (Lipinski definition) is 1. The van der Waals surface area contributed by atoms with Crippen LogP contribution >= 0.6 is 0 Å². The minimum atomic E-state index is 0.797.